The van der Waals surface area contributed by atoms with E-state index in [1.165, 1.54) is 0 Å². The van der Waals surface area contributed by atoms with Crippen molar-refractivity contribution in [3.05, 3.63) is 48.5 Å². The summed E-state index contributed by atoms with van der Waals surface area (Å²) in [5.41, 5.74) is 0.741. The summed E-state index contributed by atoms with van der Waals surface area (Å²) in [4.78, 5) is 0. The first-order valence-corrected chi connectivity index (χ1v) is 11.1. The smallest absolute Gasteiger partial charge is 0.341 e. The number of ether oxygens (including phenoxy) is 5. The van der Waals surface area contributed by atoms with Crippen LogP contribution in [0.5, 0.6) is 23.3 Å². The molecular formula is C22H24N6O5S. The minimum atomic E-state index is -0.251. The molecule has 0 spiro atoms. The lowest BCUT2D eigenvalue weighted by Gasteiger charge is -2.20. The molecule has 0 bridgehead atoms. The molecule has 2 aliphatic rings. The number of para-hydroxylation sites is 1. The first-order chi connectivity index (χ1) is 16.6. The Morgan fingerprint density at radius 3 is 2.47 bits per heavy atom. The molecular weight excluding hydrogens is 460 g/mol. The third-order valence-electron chi connectivity index (χ3n) is 5.68. The highest BCUT2D eigenvalue weighted by atomic mass is 32.1. The van der Waals surface area contributed by atoms with Crippen molar-refractivity contribution >= 4 is 23.0 Å². The van der Waals surface area contributed by atoms with Crippen LogP contribution in [0.2, 0.25) is 0 Å². The summed E-state index contributed by atoms with van der Waals surface area (Å²) in [6, 6.07) is 14.7. The predicted molar refractivity (Wildman–Crippen MR) is 126 cm³/mol. The average molecular weight is 485 g/mol. The zero-order valence-electron chi connectivity index (χ0n) is 18.6. The maximum Gasteiger partial charge on any atom is 0.341 e. The maximum atomic E-state index is 6.07. The Bertz CT molecular complexity index is 1120. The topological polar surface area (TPSA) is 114 Å². The summed E-state index contributed by atoms with van der Waals surface area (Å²) in [6.45, 7) is 0.809. The lowest BCUT2D eigenvalue weighted by molar-refractivity contribution is 0.0615. The zero-order chi connectivity index (χ0) is 23.5. The molecule has 11 nitrogen and oxygen atoms in total. The van der Waals surface area contributed by atoms with Gasteiger partial charge in [0.1, 0.15) is 35.5 Å². The number of benzene rings is 2. The van der Waals surface area contributed by atoms with E-state index in [0.29, 0.717) is 35.6 Å². The Labute approximate surface area is 201 Å². The van der Waals surface area contributed by atoms with Crippen LogP contribution in [0, 0.1) is 0 Å². The monoisotopic (exact) mass is 484 g/mol. The van der Waals surface area contributed by atoms with Gasteiger partial charge in [-0.15, -0.1) is 0 Å². The van der Waals surface area contributed by atoms with Gasteiger partial charge in [0.2, 0.25) is 0 Å². The second-order valence-corrected chi connectivity index (χ2v) is 8.20. The first kappa shape index (κ1) is 22.3. The summed E-state index contributed by atoms with van der Waals surface area (Å²) in [6.07, 6.45) is -0.475. The fraction of sp³-hybridized carbons (Fsp3) is 0.364. The zero-order valence-corrected chi connectivity index (χ0v) is 19.4. The number of nitrogens with zero attached hydrogens (tertiary/aromatic N) is 4. The van der Waals surface area contributed by atoms with Gasteiger partial charge in [0.15, 0.2) is 5.11 Å². The molecule has 4 atom stereocenters. The fourth-order valence-corrected chi connectivity index (χ4v) is 4.35. The van der Waals surface area contributed by atoms with E-state index in [-0.39, 0.29) is 30.3 Å². The first-order valence-electron chi connectivity index (χ1n) is 10.7. The number of aromatic nitrogens is 4. The van der Waals surface area contributed by atoms with Crippen LogP contribution < -0.4 is 24.8 Å². The van der Waals surface area contributed by atoms with Crippen molar-refractivity contribution in [2.45, 2.75) is 24.3 Å². The highest BCUT2D eigenvalue weighted by Crippen LogP contribution is 2.36. The molecule has 3 aromatic rings. The molecule has 2 saturated heterocycles. The average Bonchev–Trinajstić information content (AvgIpc) is 3.57. The van der Waals surface area contributed by atoms with E-state index in [1.807, 2.05) is 42.5 Å². The molecule has 0 aliphatic carbocycles. The summed E-state index contributed by atoms with van der Waals surface area (Å²) in [5.74, 6) is 1.96. The van der Waals surface area contributed by atoms with Gasteiger partial charge in [-0.1, -0.05) is 23.3 Å². The number of anilines is 1. The van der Waals surface area contributed by atoms with E-state index in [4.69, 9.17) is 35.9 Å². The van der Waals surface area contributed by atoms with Gasteiger partial charge in [0, 0.05) is 23.9 Å². The minimum absolute atomic E-state index is 0.141. The van der Waals surface area contributed by atoms with Gasteiger partial charge in [-0.3, -0.25) is 0 Å². The highest BCUT2D eigenvalue weighted by Gasteiger charge is 2.50. The quantitative estimate of drug-likeness (QED) is 0.481. The largest absolute Gasteiger partial charge is 0.497 e. The molecule has 0 unspecified atom stereocenters. The molecule has 1 aromatic heterocycles. The van der Waals surface area contributed by atoms with Crippen LogP contribution in [0.3, 0.4) is 0 Å². The number of nitrogens with one attached hydrogen (secondary N) is 2. The van der Waals surface area contributed by atoms with Gasteiger partial charge in [-0.2, -0.15) is 4.68 Å². The van der Waals surface area contributed by atoms with Gasteiger partial charge in [0.25, 0.3) is 0 Å². The van der Waals surface area contributed by atoms with Crippen LogP contribution in [0.15, 0.2) is 48.5 Å². The van der Waals surface area contributed by atoms with Crippen LogP contribution in [0.1, 0.15) is 6.04 Å². The van der Waals surface area contributed by atoms with Crippen LogP contribution in [-0.2, 0) is 9.47 Å². The van der Waals surface area contributed by atoms with Crippen molar-refractivity contribution in [2.24, 2.45) is 0 Å². The number of methoxy groups -OCH3 is 2. The Kier molecular flexibility index (Phi) is 6.43. The molecule has 2 aliphatic heterocycles. The van der Waals surface area contributed by atoms with Crippen molar-refractivity contribution < 1.29 is 23.7 Å². The van der Waals surface area contributed by atoms with Crippen molar-refractivity contribution in [2.75, 3.05) is 32.8 Å². The molecule has 5 rings (SSSR count). The second kappa shape index (κ2) is 9.79. The molecule has 0 amide bonds. The molecule has 0 radical (unpaired) electrons. The normalized spacial score (nSPS) is 23.2. The minimum Gasteiger partial charge on any atom is -0.497 e. The number of fused-ring (bicyclic) bond motifs is 1. The Morgan fingerprint density at radius 2 is 1.74 bits per heavy atom. The van der Waals surface area contributed by atoms with Gasteiger partial charge < -0.3 is 34.3 Å². The molecule has 2 fully saturated rings. The second-order valence-electron chi connectivity index (χ2n) is 7.79. The van der Waals surface area contributed by atoms with E-state index >= 15 is 0 Å². The Morgan fingerprint density at radius 1 is 1.00 bits per heavy atom. The van der Waals surface area contributed by atoms with Gasteiger partial charge in [0.05, 0.1) is 33.5 Å². The van der Waals surface area contributed by atoms with E-state index in [1.54, 1.807) is 25.0 Å². The lowest BCUT2D eigenvalue weighted by atomic mass is 10.1. The van der Waals surface area contributed by atoms with E-state index in [9.17, 15) is 0 Å². The summed E-state index contributed by atoms with van der Waals surface area (Å²) in [7, 11) is 3.19. The van der Waals surface area contributed by atoms with Gasteiger partial charge >= 0.3 is 6.01 Å². The van der Waals surface area contributed by atoms with E-state index in [2.05, 4.69) is 26.2 Å². The van der Waals surface area contributed by atoms with Crippen LogP contribution in [0.25, 0.3) is 0 Å². The Balaban J connectivity index is 1.23. The predicted octanol–water partition coefficient (Wildman–Crippen LogP) is 2.18. The van der Waals surface area contributed by atoms with E-state index < -0.39 is 0 Å². The number of thiocarbonyl (C=S) groups is 1. The molecule has 0 saturated carbocycles. The van der Waals surface area contributed by atoms with Crippen molar-refractivity contribution in [1.82, 2.24) is 25.5 Å². The highest BCUT2D eigenvalue weighted by molar-refractivity contribution is 7.80. The van der Waals surface area contributed by atoms with Crippen LogP contribution in [-0.4, -0.2) is 71.0 Å². The summed E-state index contributed by atoms with van der Waals surface area (Å²) < 4.78 is 30.2. The third kappa shape index (κ3) is 4.60. The maximum absolute atomic E-state index is 6.07. The van der Waals surface area contributed by atoms with Crippen molar-refractivity contribution in [3.8, 4) is 23.3 Å². The summed E-state index contributed by atoms with van der Waals surface area (Å²) in [5, 5.41) is 18.8. The van der Waals surface area contributed by atoms with Gasteiger partial charge in [-0.25, -0.2) is 0 Å². The summed E-state index contributed by atoms with van der Waals surface area (Å²) >= 11 is 5.52. The molecule has 2 aromatic carbocycles. The number of hydrogen-bond acceptors (Lipinski definition) is 9. The van der Waals surface area contributed by atoms with Crippen LogP contribution in [0.4, 0.5) is 5.69 Å². The standard InChI is InChI=1S/C22H24N6O5S/c1-29-15-8-13(9-16(10-15)30-2)23-21(34)24-17-11-31-20-18(12-32-19(17)20)28-22(25-26-27-28)33-14-6-4-3-5-7-14/h3-10,17-20H,11-12H2,1-2H3,(H2,23,24,34)/t17-,18+,19-,20+/m1/s1. The molecule has 2 N–H and O–H groups in total. The third-order valence-corrected chi connectivity index (χ3v) is 5.90. The molecule has 12 heteroatoms. The molecule has 178 valence electrons. The fourth-order valence-electron chi connectivity index (χ4n) is 4.08. The van der Waals surface area contributed by atoms with Crippen molar-refractivity contribution in [1.29, 1.82) is 0 Å². The number of hydrogen-bond donors (Lipinski definition) is 2. The molecule has 34 heavy (non-hydrogen) atoms. The SMILES string of the molecule is COc1cc(NC(=S)N[C@@H]2CO[C@@H]3[C@@H]2OC[C@@H]3n2nnnc2Oc2ccccc2)cc(OC)c1. The van der Waals surface area contributed by atoms with Gasteiger partial charge in [-0.05, 0) is 34.8 Å². The Hall–Kier alpha value is -3.48. The molecule has 3 heterocycles. The van der Waals surface area contributed by atoms with Crippen molar-refractivity contribution in [3.63, 3.8) is 0 Å². The van der Waals surface area contributed by atoms with E-state index in [0.717, 1.165) is 5.69 Å². The number of rotatable bonds is 7. The lowest BCUT2D eigenvalue weighted by Crippen LogP contribution is -2.45. The number of tetrazole rings is 1. The van der Waals surface area contributed by atoms with Crippen LogP contribution >= 0.6 is 12.2 Å².